The van der Waals surface area contributed by atoms with E-state index < -0.39 is 5.54 Å². The summed E-state index contributed by atoms with van der Waals surface area (Å²) in [5.74, 6) is -0.862. The zero-order chi connectivity index (χ0) is 22.7. The largest absolute Gasteiger partial charge is 0.351 e. The molecule has 0 radical (unpaired) electrons. The van der Waals surface area contributed by atoms with Gasteiger partial charge in [-0.15, -0.1) is 0 Å². The maximum atomic E-state index is 13.4. The summed E-state index contributed by atoms with van der Waals surface area (Å²) < 4.78 is 1.65. The van der Waals surface area contributed by atoms with Gasteiger partial charge in [0.05, 0.1) is 12.9 Å². The van der Waals surface area contributed by atoms with Crippen molar-refractivity contribution in [1.82, 2.24) is 25.1 Å². The van der Waals surface area contributed by atoms with Gasteiger partial charge in [-0.3, -0.25) is 14.4 Å². The number of nitrogens with one attached hydrogen (secondary N) is 2. The van der Waals surface area contributed by atoms with Crippen molar-refractivity contribution in [1.29, 1.82) is 0 Å². The number of hydrogen-bond acceptors (Lipinski definition) is 4. The number of likely N-dealkylation sites (N-methyl/N-ethyl adjacent to an activating group) is 1. The Labute approximate surface area is 188 Å². The van der Waals surface area contributed by atoms with E-state index in [9.17, 15) is 14.4 Å². The van der Waals surface area contributed by atoms with Crippen molar-refractivity contribution in [3.8, 4) is 0 Å². The van der Waals surface area contributed by atoms with Crippen molar-refractivity contribution in [3.63, 3.8) is 0 Å². The summed E-state index contributed by atoms with van der Waals surface area (Å²) in [6.45, 7) is 4.73. The zero-order valence-corrected chi connectivity index (χ0v) is 18.8. The molecule has 4 rings (SSSR count). The van der Waals surface area contributed by atoms with E-state index in [2.05, 4.69) is 15.6 Å². The molecule has 2 N–H and O–H groups in total. The van der Waals surface area contributed by atoms with Crippen LogP contribution in [0.3, 0.4) is 0 Å². The molecule has 1 aromatic heterocycles. The molecule has 1 fully saturated rings. The van der Waals surface area contributed by atoms with Crippen molar-refractivity contribution >= 4 is 17.7 Å². The zero-order valence-electron chi connectivity index (χ0n) is 18.8. The Morgan fingerprint density at radius 1 is 1.19 bits per heavy atom. The number of carbonyl (C=O) groups is 3. The van der Waals surface area contributed by atoms with Gasteiger partial charge < -0.3 is 20.1 Å². The molecule has 170 valence electrons. The first-order valence-corrected chi connectivity index (χ1v) is 11.4. The number of hydrogen-bond donors (Lipinski definition) is 2. The van der Waals surface area contributed by atoms with E-state index in [0.29, 0.717) is 19.5 Å². The SMILES string of the molecule is CCN1C(=O)c2c(C(=O)NCCc3ccccc3)ncn2C[C@]1(C)C(=O)NC1CCCC1. The van der Waals surface area contributed by atoms with E-state index >= 15 is 0 Å². The highest BCUT2D eigenvalue weighted by Gasteiger charge is 2.48. The maximum absolute atomic E-state index is 13.4. The van der Waals surface area contributed by atoms with Gasteiger partial charge in [0.25, 0.3) is 11.8 Å². The number of nitrogens with zero attached hydrogens (tertiary/aromatic N) is 3. The second-order valence-electron chi connectivity index (χ2n) is 8.84. The van der Waals surface area contributed by atoms with Crippen LogP contribution in [0.25, 0.3) is 0 Å². The van der Waals surface area contributed by atoms with E-state index in [1.807, 2.05) is 37.3 Å². The molecule has 2 heterocycles. The van der Waals surface area contributed by atoms with Crippen LogP contribution in [0, 0.1) is 0 Å². The lowest BCUT2D eigenvalue weighted by Gasteiger charge is -2.43. The van der Waals surface area contributed by atoms with Crippen molar-refractivity contribution in [3.05, 3.63) is 53.6 Å². The van der Waals surface area contributed by atoms with Crippen molar-refractivity contribution in [2.45, 2.75) is 64.1 Å². The van der Waals surface area contributed by atoms with Crippen molar-refractivity contribution < 1.29 is 14.4 Å². The summed E-state index contributed by atoms with van der Waals surface area (Å²) in [6.07, 6.45) is 6.38. The van der Waals surface area contributed by atoms with Crippen LogP contribution in [0.4, 0.5) is 0 Å². The van der Waals surface area contributed by atoms with Crippen LogP contribution in [0.5, 0.6) is 0 Å². The molecule has 2 aliphatic rings. The molecular weight excluding hydrogens is 406 g/mol. The molecule has 3 amide bonds. The van der Waals surface area contributed by atoms with Crippen molar-refractivity contribution in [2.24, 2.45) is 0 Å². The molecule has 1 saturated carbocycles. The molecule has 1 aliphatic carbocycles. The molecule has 1 atom stereocenters. The molecule has 1 aromatic carbocycles. The van der Waals surface area contributed by atoms with Gasteiger partial charge in [-0.25, -0.2) is 4.98 Å². The van der Waals surface area contributed by atoms with Crippen LogP contribution in [0.2, 0.25) is 0 Å². The Morgan fingerprint density at radius 2 is 1.91 bits per heavy atom. The van der Waals surface area contributed by atoms with Crippen LogP contribution < -0.4 is 10.6 Å². The molecular formula is C24H31N5O3. The van der Waals surface area contributed by atoms with Gasteiger partial charge in [-0.2, -0.15) is 0 Å². The van der Waals surface area contributed by atoms with Gasteiger partial charge in [0, 0.05) is 19.1 Å². The maximum Gasteiger partial charge on any atom is 0.273 e. The minimum Gasteiger partial charge on any atom is -0.351 e. The first-order valence-electron chi connectivity index (χ1n) is 11.4. The molecule has 0 spiro atoms. The second-order valence-corrected chi connectivity index (χ2v) is 8.84. The Kier molecular flexibility index (Phi) is 6.30. The fourth-order valence-corrected chi connectivity index (χ4v) is 4.81. The van der Waals surface area contributed by atoms with Gasteiger partial charge in [0.1, 0.15) is 11.2 Å². The summed E-state index contributed by atoms with van der Waals surface area (Å²) in [5.41, 5.74) is 0.454. The first kappa shape index (κ1) is 22.0. The van der Waals surface area contributed by atoms with E-state index in [-0.39, 0.29) is 41.7 Å². The second kappa shape index (κ2) is 9.14. The summed E-state index contributed by atoms with van der Waals surface area (Å²) >= 11 is 0. The molecule has 0 unspecified atom stereocenters. The monoisotopic (exact) mass is 437 g/mol. The van der Waals surface area contributed by atoms with Crippen LogP contribution >= 0.6 is 0 Å². The van der Waals surface area contributed by atoms with E-state index in [0.717, 1.165) is 31.2 Å². The third kappa shape index (κ3) is 4.13. The lowest BCUT2D eigenvalue weighted by atomic mass is 9.94. The lowest BCUT2D eigenvalue weighted by Crippen LogP contribution is -2.64. The van der Waals surface area contributed by atoms with Crippen molar-refractivity contribution in [2.75, 3.05) is 13.1 Å². The van der Waals surface area contributed by atoms with Crippen LogP contribution in [0.15, 0.2) is 36.7 Å². The summed E-state index contributed by atoms with van der Waals surface area (Å²) in [4.78, 5) is 45.2. The highest BCUT2D eigenvalue weighted by atomic mass is 16.2. The summed E-state index contributed by atoms with van der Waals surface area (Å²) in [6, 6.07) is 10.0. The topological polar surface area (TPSA) is 96.3 Å². The predicted molar refractivity (Wildman–Crippen MR) is 120 cm³/mol. The molecule has 8 nitrogen and oxygen atoms in total. The van der Waals surface area contributed by atoms with Crippen LogP contribution in [-0.4, -0.2) is 56.8 Å². The summed E-state index contributed by atoms with van der Waals surface area (Å²) in [7, 11) is 0. The average molecular weight is 438 g/mol. The summed E-state index contributed by atoms with van der Waals surface area (Å²) in [5, 5.41) is 6.00. The highest BCUT2D eigenvalue weighted by molar-refractivity contribution is 6.07. The van der Waals surface area contributed by atoms with Crippen LogP contribution in [-0.2, 0) is 17.8 Å². The quantitative estimate of drug-likeness (QED) is 0.694. The molecule has 8 heteroatoms. The number of amides is 3. The Balaban J connectivity index is 1.49. The van der Waals surface area contributed by atoms with Gasteiger partial charge in [-0.1, -0.05) is 43.2 Å². The normalized spacial score (nSPS) is 20.8. The number of benzene rings is 1. The molecule has 0 bridgehead atoms. The van der Waals surface area contributed by atoms with Gasteiger partial charge >= 0.3 is 0 Å². The lowest BCUT2D eigenvalue weighted by molar-refractivity contribution is -0.133. The number of carbonyl (C=O) groups excluding carboxylic acids is 3. The number of fused-ring (bicyclic) bond motifs is 1. The third-order valence-electron chi connectivity index (χ3n) is 6.61. The fourth-order valence-electron chi connectivity index (χ4n) is 4.81. The molecule has 32 heavy (non-hydrogen) atoms. The average Bonchev–Trinajstić information content (AvgIpc) is 3.44. The molecule has 1 aliphatic heterocycles. The van der Waals surface area contributed by atoms with Crippen LogP contribution in [0.1, 0.15) is 66.1 Å². The fraction of sp³-hybridized carbons (Fsp3) is 0.500. The smallest absolute Gasteiger partial charge is 0.273 e. The van der Waals surface area contributed by atoms with Gasteiger partial charge in [-0.05, 0) is 38.7 Å². The standard InChI is InChI=1S/C24H31N5O3/c1-3-29-22(31)20-19(21(30)25-14-13-17-9-5-4-6-10-17)26-16-28(20)15-24(29,2)23(32)27-18-11-7-8-12-18/h4-6,9-10,16,18H,3,7-8,11-15H2,1-2H3,(H,25,30)(H,27,32)/t24-/m1/s1. The Morgan fingerprint density at radius 3 is 2.59 bits per heavy atom. The minimum atomic E-state index is -1.02. The van der Waals surface area contributed by atoms with E-state index in [1.165, 1.54) is 6.33 Å². The highest BCUT2D eigenvalue weighted by Crippen LogP contribution is 2.29. The first-order chi connectivity index (χ1) is 15.4. The van der Waals surface area contributed by atoms with E-state index in [4.69, 9.17) is 0 Å². The molecule has 2 aromatic rings. The van der Waals surface area contributed by atoms with E-state index in [1.54, 1.807) is 16.4 Å². The van der Waals surface area contributed by atoms with Gasteiger partial charge in [0.2, 0.25) is 5.91 Å². The number of aromatic nitrogens is 2. The third-order valence-corrected chi connectivity index (χ3v) is 6.61. The Bertz CT molecular complexity index is 996. The van der Waals surface area contributed by atoms with Gasteiger partial charge in [0.15, 0.2) is 5.69 Å². The minimum absolute atomic E-state index is 0.111. The number of imidazole rings is 1. The molecule has 0 saturated heterocycles. The number of rotatable bonds is 7. The predicted octanol–water partition coefficient (Wildman–Crippen LogP) is 2.15. The Hall–Kier alpha value is -3.16.